The van der Waals surface area contributed by atoms with Gasteiger partial charge in [0, 0.05) is 29.8 Å². The van der Waals surface area contributed by atoms with Crippen molar-refractivity contribution in [3.8, 4) is 5.75 Å². The Morgan fingerprint density at radius 2 is 1.79 bits per heavy atom. The highest BCUT2D eigenvalue weighted by molar-refractivity contribution is 7.98. The molecule has 1 amide bonds. The number of halogens is 4. The Hall–Kier alpha value is -3.80. The van der Waals surface area contributed by atoms with Crippen molar-refractivity contribution in [1.82, 2.24) is 9.58 Å². The zero-order valence-electron chi connectivity index (χ0n) is 20.2. The van der Waals surface area contributed by atoms with E-state index in [-0.39, 0.29) is 0 Å². The molecule has 0 radical (unpaired) electrons. The number of rotatable bonds is 3. The molecule has 7 nitrogen and oxygen atoms in total. The van der Waals surface area contributed by atoms with Gasteiger partial charge >= 0.3 is 12.1 Å². The van der Waals surface area contributed by atoms with E-state index in [0.29, 0.717) is 26.7 Å². The number of ether oxygens (including phenoxy) is 1. The van der Waals surface area contributed by atoms with Crippen molar-refractivity contribution < 1.29 is 31.9 Å². The number of hydrogen-bond donors (Lipinski definition) is 0. The van der Waals surface area contributed by atoms with Crippen LogP contribution in [0, 0.1) is 5.82 Å². The van der Waals surface area contributed by atoms with E-state index in [2.05, 4.69) is 0 Å². The number of hydrogen-bond acceptors (Lipinski definition) is 6. The van der Waals surface area contributed by atoms with Gasteiger partial charge in [-0.15, -0.1) is 11.8 Å². The maximum Gasteiger partial charge on any atom is 0.408 e. The van der Waals surface area contributed by atoms with Crippen molar-refractivity contribution in [3.05, 3.63) is 93.2 Å². The van der Waals surface area contributed by atoms with Gasteiger partial charge in [-0.3, -0.25) is 24.1 Å². The van der Waals surface area contributed by atoms with E-state index >= 15 is 4.39 Å². The summed E-state index contributed by atoms with van der Waals surface area (Å²) in [6.07, 6.45) is -3.54. The number of nitrogens with zero attached hydrogens (tertiary/aromatic N) is 3. The van der Waals surface area contributed by atoms with Gasteiger partial charge in [-0.1, -0.05) is 36.4 Å². The molecule has 2 aromatic carbocycles. The van der Waals surface area contributed by atoms with Crippen molar-refractivity contribution >= 4 is 23.6 Å². The lowest BCUT2D eigenvalue weighted by atomic mass is 9.94. The molecule has 198 valence electrons. The summed E-state index contributed by atoms with van der Waals surface area (Å²) in [6, 6.07) is 9.69. The number of fused-ring (bicyclic) bond motifs is 3. The SMILES string of the molecule is CC(=O)Oc1c2n(ccc1=O)N([C@H]1c3ccccc3CSc3c(F)cccc31)CN([C@@H](C)C(F)(F)F)C2=O. The van der Waals surface area contributed by atoms with Crippen LogP contribution in [0.3, 0.4) is 0 Å². The molecule has 0 saturated heterocycles. The molecule has 0 fully saturated rings. The molecule has 0 N–H and O–H groups in total. The van der Waals surface area contributed by atoms with Crippen LogP contribution in [0.15, 0.2) is 64.4 Å². The van der Waals surface area contributed by atoms with E-state index in [1.165, 1.54) is 39.8 Å². The zero-order valence-corrected chi connectivity index (χ0v) is 21.0. The second-order valence-electron chi connectivity index (χ2n) is 8.92. The van der Waals surface area contributed by atoms with E-state index in [0.717, 1.165) is 25.5 Å². The fraction of sp³-hybridized carbons (Fsp3) is 0.269. The molecule has 0 bridgehead atoms. The van der Waals surface area contributed by atoms with Crippen LogP contribution in [0.4, 0.5) is 17.6 Å². The lowest BCUT2D eigenvalue weighted by Crippen LogP contribution is -2.60. The first-order valence-electron chi connectivity index (χ1n) is 11.6. The lowest BCUT2D eigenvalue weighted by Gasteiger charge is -2.46. The molecule has 5 rings (SSSR count). The summed E-state index contributed by atoms with van der Waals surface area (Å²) in [4.78, 5) is 38.8. The van der Waals surface area contributed by atoms with E-state index in [1.54, 1.807) is 18.2 Å². The minimum Gasteiger partial charge on any atom is -0.420 e. The van der Waals surface area contributed by atoms with Crippen molar-refractivity contribution in [2.75, 3.05) is 11.7 Å². The van der Waals surface area contributed by atoms with Crippen LogP contribution in [0.2, 0.25) is 0 Å². The van der Waals surface area contributed by atoms with Crippen LogP contribution in [0.25, 0.3) is 0 Å². The first kappa shape index (κ1) is 25.8. The topological polar surface area (TPSA) is 71.8 Å². The summed E-state index contributed by atoms with van der Waals surface area (Å²) in [7, 11) is 0. The largest absolute Gasteiger partial charge is 0.420 e. The Morgan fingerprint density at radius 1 is 1.08 bits per heavy atom. The minimum absolute atomic E-state index is 0.323. The van der Waals surface area contributed by atoms with Gasteiger partial charge in [0.25, 0.3) is 5.91 Å². The second-order valence-corrected chi connectivity index (χ2v) is 9.90. The van der Waals surface area contributed by atoms with Gasteiger partial charge in [-0.25, -0.2) is 4.39 Å². The van der Waals surface area contributed by atoms with Crippen LogP contribution in [-0.2, 0) is 10.5 Å². The lowest BCUT2D eigenvalue weighted by molar-refractivity contribution is -0.173. The number of alkyl halides is 3. The fourth-order valence-corrected chi connectivity index (χ4v) is 5.85. The number of esters is 1. The molecular formula is C26H21F4N3O4S. The Labute approximate surface area is 218 Å². The van der Waals surface area contributed by atoms with Crippen molar-refractivity contribution in [1.29, 1.82) is 0 Å². The summed E-state index contributed by atoms with van der Waals surface area (Å²) in [6.45, 7) is 1.31. The first-order chi connectivity index (χ1) is 18.0. The number of benzene rings is 2. The number of pyridine rings is 1. The van der Waals surface area contributed by atoms with Crippen LogP contribution in [0.5, 0.6) is 5.75 Å². The molecule has 3 heterocycles. The van der Waals surface area contributed by atoms with Gasteiger partial charge in [0.1, 0.15) is 18.5 Å². The van der Waals surface area contributed by atoms with E-state index in [9.17, 15) is 27.6 Å². The average Bonchev–Trinajstić information content (AvgIpc) is 3.02. The molecule has 2 aliphatic rings. The summed E-state index contributed by atoms with van der Waals surface area (Å²) in [5, 5.41) is 1.45. The molecule has 0 saturated carbocycles. The smallest absolute Gasteiger partial charge is 0.408 e. The number of aromatic nitrogens is 1. The number of amides is 1. The van der Waals surface area contributed by atoms with Gasteiger partial charge in [0.15, 0.2) is 5.69 Å². The van der Waals surface area contributed by atoms with Crippen LogP contribution >= 0.6 is 11.8 Å². The molecule has 2 atom stereocenters. The number of carbonyl (C=O) groups is 2. The Bertz CT molecular complexity index is 1510. The Kier molecular flexibility index (Phi) is 6.46. The highest BCUT2D eigenvalue weighted by Crippen LogP contribution is 2.44. The third kappa shape index (κ3) is 4.32. The van der Waals surface area contributed by atoms with Crippen LogP contribution in [-0.4, -0.2) is 40.3 Å². The van der Waals surface area contributed by atoms with Crippen molar-refractivity contribution in [2.24, 2.45) is 0 Å². The molecule has 0 spiro atoms. The maximum atomic E-state index is 15.0. The predicted octanol–water partition coefficient (Wildman–Crippen LogP) is 4.61. The zero-order chi connectivity index (χ0) is 27.4. The molecule has 3 aromatic rings. The molecule has 38 heavy (non-hydrogen) atoms. The summed E-state index contributed by atoms with van der Waals surface area (Å²) < 4.78 is 63.1. The molecule has 0 unspecified atom stereocenters. The van der Waals surface area contributed by atoms with E-state index in [1.807, 2.05) is 12.1 Å². The second kappa shape index (κ2) is 9.50. The quantitative estimate of drug-likeness (QED) is 0.353. The highest BCUT2D eigenvalue weighted by Gasteiger charge is 2.48. The molecule has 12 heteroatoms. The standard InChI is InChI=1S/C26H21F4N3O4S/c1-14(26(28,29)30)31-13-33(32-11-10-20(35)23(37-15(2)34)22(32)25(31)36)21-17-7-4-3-6-16(17)12-38-24-18(21)8-5-9-19(24)27/h3-11,14,21H,12-13H2,1-2H3/t14-,21-/m0/s1. The predicted molar refractivity (Wildman–Crippen MR) is 131 cm³/mol. The molecule has 2 aliphatic heterocycles. The normalized spacial score (nSPS) is 17.7. The van der Waals surface area contributed by atoms with Crippen LogP contribution in [0.1, 0.15) is 47.1 Å². The van der Waals surface area contributed by atoms with Gasteiger partial charge in [-0.05, 0) is 29.7 Å². The molecule has 0 aliphatic carbocycles. The van der Waals surface area contributed by atoms with Gasteiger partial charge in [0.2, 0.25) is 11.2 Å². The molecule has 1 aromatic heterocycles. The third-order valence-corrected chi connectivity index (χ3v) is 7.75. The number of thioether (sulfide) groups is 1. The van der Waals surface area contributed by atoms with Gasteiger partial charge < -0.3 is 9.64 Å². The Morgan fingerprint density at radius 3 is 2.50 bits per heavy atom. The highest BCUT2D eigenvalue weighted by atomic mass is 32.2. The summed E-state index contributed by atoms with van der Waals surface area (Å²) >= 11 is 1.26. The van der Waals surface area contributed by atoms with E-state index < -0.39 is 59.5 Å². The fourth-order valence-electron chi connectivity index (χ4n) is 4.73. The summed E-state index contributed by atoms with van der Waals surface area (Å²) in [5.41, 5.74) is 0.629. The maximum absolute atomic E-state index is 15.0. The summed E-state index contributed by atoms with van der Waals surface area (Å²) in [5.74, 6) is -2.80. The number of carbonyl (C=O) groups excluding carboxylic acids is 2. The van der Waals surface area contributed by atoms with Crippen LogP contribution < -0.4 is 15.2 Å². The Balaban J connectivity index is 1.81. The van der Waals surface area contributed by atoms with Crippen molar-refractivity contribution in [2.45, 2.75) is 42.8 Å². The molecular weight excluding hydrogens is 526 g/mol. The first-order valence-corrected chi connectivity index (χ1v) is 12.5. The van der Waals surface area contributed by atoms with Crippen molar-refractivity contribution in [3.63, 3.8) is 0 Å². The average molecular weight is 548 g/mol. The minimum atomic E-state index is -4.79. The monoisotopic (exact) mass is 547 g/mol. The third-order valence-electron chi connectivity index (χ3n) is 6.57. The van der Waals surface area contributed by atoms with Gasteiger partial charge in [0.05, 0.1) is 6.04 Å². The van der Waals surface area contributed by atoms with E-state index in [4.69, 9.17) is 4.74 Å². The van der Waals surface area contributed by atoms with Gasteiger partial charge in [-0.2, -0.15) is 13.2 Å².